The summed E-state index contributed by atoms with van der Waals surface area (Å²) in [5, 5.41) is 8.82. The monoisotopic (exact) mass is 287 g/mol. The third kappa shape index (κ3) is 4.88. The van der Waals surface area contributed by atoms with Crippen molar-refractivity contribution in [2.24, 2.45) is 0 Å². The summed E-state index contributed by atoms with van der Waals surface area (Å²) in [6.07, 6.45) is 0. The van der Waals surface area contributed by atoms with Crippen molar-refractivity contribution < 1.29 is 23.1 Å². The normalized spacial score (nSPS) is 11.3. The first-order valence-electron chi connectivity index (χ1n) is 5.78. The Bertz CT molecular complexity index is 553. The van der Waals surface area contributed by atoms with Crippen LogP contribution in [0.2, 0.25) is 0 Å². The van der Waals surface area contributed by atoms with Gasteiger partial charge in [-0.15, -0.1) is 0 Å². The Morgan fingerprint density at radius 1 is 1.42 bits per heavy atom. The molecule has 0 saturated carbocycles. The number of ether oxygens (including phenoxy) is 1. The molecule has 0 spiro atoms. The van der Waals surface area contributed by atoms with E-state index in [-0.39, 0.29) is 17.9 Å². The van der Waals surface area contributed by atoms with Crippen LogP contribution in [0.15, 0.2) is 18.2 Å². The average molecular weight is 287 g/mol. The van der Waals surface area contributed by atoms with Crippen LogP contribution in [0.3, 0.4) is 0 Å². The zero-order valence-corrected chi connectivity index (χ0v) is 11.7. The van der Waals surface area contributed by atoms with Gasteiger partial charge in [0.1, 0.15) is 0 Å². The van der Waals surface area contributed by atoms with Crippen LogP contribution < -0.4 is 4.72 Å². The zero-order chi connectivity index (χ0) is 14.5. The van der Waals surface area contributed by atoms with E-state index < -0.39 is 16.0 Å². The quantitative estimate of drug-likeness (QED) is 0.741. The maximum Gasteiger partial charge on any atom is 0.335 e. The average Bonchev–Trinajstić information content (AvgIpc) is 2.31. The number of carbonyl (C=O) groups is 1. The number of anilines is 1. The number of sulfonamides is 1. The zero-order valence-electron chi connectivity index (χ0n) is 10.8. The number of benzene rings is 1. The molecule has 0 atom stereocenters. The van der Waals surface area contributed by atoms with Crippen LogP contribution in [0.1, 0.15) is 22.8 Å². The van der Waals surface area contributed by atoms with Crippen LogP contribution in [-0.4, -0.2) is 38.5 Å². The van der Waals surface area contributed by atoms with Gasteiger partial charge >= 0.3 is 5.97 Å². The maximum atomic E-state index is 11.7. The van der Waals surface area contributed by atoms with E-state index in [2.05, 4.69) is 4.72 Å². The Kier molecular flexibility index (Phi) is 5.31. The smallest absolute Gasteiger partial charge is 0.335 e. The van der Waals surface area contributed by atoms with Gasteiger partial charge in [0.2, 0.25) is 10.0 Å². The molecule has 0 fully saturated rings. The van der Waals surface area contributed by atoms with Crippen LogP contribution in [-0.2, 0) is 14.8 Å². The van der Waals surface area contributed by atoms with Crippen LogP contribution in [0, 0.1) is 6.92 Å². The van der Waals surface area contributed by atoms with E-state index in [0.717, 1.165) is 0 Å². The molecular formula is C12H17NO5S. The molecule has 7 heteroatoms. The fraction of sp³-hybridized carbons (Fsp3) is 0.417. The predicted molar refractivity (Wildman–Crippen MR) is 72.0 cm³/mol. The molecule has 6 nitrogen and oxygen atoms in total. The second kappa shape index (κ2) is 6.53. The molecule has 0 aliphatic carbocycles. The topological polar surface area (TPSA) is 92.7 Å². The van der Waals surface area contributed by atoms with E-state index in [9.17, 15) is 13.2 Å². The third-order valence-corrected chi connectivity index (χ3v) is 3.67. The van der Waals surface area contributed by atoms with E-state index in [1.807, 2.05) is 0 Å². The minimum absolute atomic E-state index is 0.120. The summed E-state index contributed by atoms with van der Waals surface area (Å²) in [5.41, 5.74) is 1.05. The molecule has 0 radical (unpaired) electrons. The Balaban J connectivity index is 2.79. The summed E-state index contributed by atoms with van der Waals surface area (Å²) in [6.45, 7) is 4.02. The van der Waals surface area contributed by atoms with Crippen molar-refractivity contribution in [2.45, 2.75) is 13.8 Å². The van der Waals surface area contributed by atoms with Crippen molar-refractivity contribution in [3.05, 3.63) is 29.3 Å². The van der Waals surface area contributed by atoms with Gasteiger partial charge in [0.25, 0.3) is 0 Å². The van der Waals surface area contributed by atoms with Gasteiger partial charge in [-0.1, -0.05) is 0 Å². The lowest BCUT2D eigenvalue weighted by atomic mass is 10.1. The molecule has 1 aromatic rings. The summed E-state index contributed by atoms with van der Waals surface area (Å²) < 4.78 is 30.9. The minimum Gasteiger partial charge on any atom is -0.478 e. The SMILES string of the molecule is CCOCCS(=O)(=O)Nc1ccc(C(=O)O)cc1C. The van der Waals surface area contributed by atoms with Crippen molar-refractivity contribution in [1.82, 2.24) is 0 Å². The number of hydrogen-bond acceptors (Lipinski definition) is 4. The summed E-state index contributed by atoms with van der Waals surface area (Å²) >= 11 is 0. The van der Waals surface area contributed by atoms with Crippen LogP contribution in [0.5, 0.6) is 0 Å². The highest BCUT2D eigenvalue weighted by Crippen LogP contribution is 2.18. The molecule has 19 heavy (non-hydrogen) atoms. The van der Waals surface area contributed by atoms with E-state index in [4.69, 9.17) is 9.84 Å². The highest BCUT2D eigenvalue weighted by atomic mass is 32.2. The van der Waals surface area contributed by atoms with Crippen molar-refractivity contribution >= 4 is 21.7 Å². The van der Waals surface area contributed by atoms with E-state index in [0.29, 0.717) is 17.9 Å². The number of hydrogen-bond donors (Lipinski definition) is 2. The van der Waals surface area contributed by atoms with E-state index in [1.54, 1.807) is 13.8 Å². The van der Waals surface area contributed by atoms with E-state index >= 15 is 0 Å². The first-order valence-corrected chi connectivity index (χ1v) is 7.43. The predicted octanol–water partition coefficient (Wildman–Crippen LogP) is 1.47. The van der Waals surface area contributed by atoms with Gasteiger partial charge in [0.05, 0.1) is 23.6 Å². The van der Waals surface area contributed by atoms with Crippen LogP contribution in [0.25, 0.3) is 0 Å². The molecule has 2 N–H and O–H groups in total. The highest BCUT2D eigenvalue weighted by Gasteiger charge is 2.13. The van der Waals surface area contributed by atoms with E-state index in [1.165, 1.54) is 18.2 Å². The summed E-state index contributed by atoms with van der Waals surface area (Å²) in [7, 11) is -3.48. The van der Waals surface area contributed by atoms with Gasteiger partial charge in [-0.3, -0.25) is 4.72 Å². The Hall–Kier alpha value is -1.60. The Morgan fingerprint density at radius 3 is 2.63 bits per heavy atom. The van der Waals surface area contributed by atoms with Crippen LogP contribution in [0.4, 0.5) is 5.69 Å². The third-order valence-electron chi connectivity index (χ3n) is 2.44. The summed E-state index contributed by atoms with van der Waals surface area (Å²) in [4.78, 5) is 10.8. The summed E-state index contributed by atoms with van der Waals surface area (Å²) in [6, 6.07) is 4.22. The number of aryl methyl sites for hydroxylation is 1. The number of aromatic carboxylic acids is 1. The molecule has 1 rings (SSSR count). The fourth-order valence-corrected chi connectivity index (χ4v) is 2.45. The van der Waals surface area contributed by atoms with Gasteiger partial charge in [-0.2, -0.15) is 0 Å². The number of carboxylic acids is 1. The lowest BCUT2D eigenvalue weighted by Gasteiger charge is -2.11. The molecule has 0 saturated heterocycles. The molecule has 106 valence electrons. The van der Waals surface area contributed by atoms with Crippen molar-refractivity contribution in [2.75, 3.05) is 23.7 Å². The molecular weight excluding hydrogens is 270 g/mol. The molecule has 1 aromatic carbocycles. The maximum absolute atomic E-state index is 11.7. The Morgan fingerprint density at radius 2 is 2.11 bits per heavy atom. The van der Waals surface area contributed by atoms with Gasteiger partial charge < -0.3 is 9.84 Å². The van der Waals surface area contributed by atoms with Crippen LogP contribution >= 0.6 is 0 Å². The first-order chi connectivity index (χ1) is 8.85. The Labute approximate surface area is 112 Å². The van der Waals surface area contributed by atoms with Gasteiger partial charge in [-0.25, -0.2) is 13.2 Å². The molecule has 0 aliphatic rings. The first kappa shape index (κ1) is 15.5. The highest BCUT2D eigenvalue weighted by molar-refractivity contribution is 7.92. The van der Waals surface area contributed by atoms with Gasteiger partial charge in [0, 0.05) is 6.61 Å². The second-order valence-electron chi connectivity index (χ2n) is 3.95. The van der Waals surface area contributed by atoms with Crippen molar-refractivity contribution in [3.8, 4) is 0 Å². The number of carboxylic acid groups (broad SMARTS) is 1. The largest absolute Gasteiger partial charge is 0.478 e. The fourth-order valence-electron chi connectivity index (χ4n) is 1.44. The second-order valence-corrected chi connectivity index (χ2v) is 5.79. The standard InChI is InChI=1S/C12H17NO5S/c1-3-18-6-7-19(16,17)13-11-5-4-10(12(14)15)8-9(11)2/h4-5,8,13H,3,6-7H2,1-2H3,(H,14,15). The number of nitrogens with one attached hydrogen (secondary N) is 1. The molecule has 0 aliphatic heterocycles. The molecule has 0 amide bonds. The van der Waals surface area contributed by atoms with Gasteiger partial charge in [-0.05, 0) is 37.6 Å². The van der Waals surface area contributed by atoms with Crippen molar-refractivity contribution in [3.63, 3.8) is 0 Å². The van der Waals surface area contributed by atoms with Gasteiger partial charge in [0.15, 0.2) is 0 Å². The lowest BCUT2D eigenvalue weighted by molar-refractivity contribution is 0.0697. The lowest BCUT2D eigenvalue weighted by Crippen LogP contribution is -2.20. The molecule has 0 unspecified atom stereocenters. The summed E-state index contributed by atoms with van der Waals surface area (Å²) in [5.74, 6) is -1.19. The van der Waals surface area contributed by atoms with Crippen molar-refractivity contribution in [1.29, 1.82) is 0 Å². The number of rotatable bonds is 7. The molecule has 0 bridgehead atoms. The molecule has 0 heterocycles. The molecule has 0 aromatic heterocycles. The minimum atomic E-state index is -3.48.